The third-order valence-corrected chi connectivity index (χ3v) is 3.94. The Morgan fingerprint density at radius 3 is 2.69 bits per heavy atom. The van der Waals surface area contributed by atoms with E-state index in [0.29, 0.717) is 12.0 Å². The minimum atomic E-state index is -0.0635. The molecule has 0 amide bonds. The molecule has 0 saturated carbocycles. The highest BCUT2D eigenvalue weighted by Crippen LogP contribution is 2.19. The van der Waals surface area contributed by atoms with Crippen LogP contribution in [0.2, 0.25) is 0 Å². The van der Waals surface area contributed by atoms with Gasteiger partial charge in [0.2, 0.25) is 0 Å². The predicted molar refractivity (Wildman–Crippen MR) is 63.4 cm³/mol. The first-order chi connectivity index (χ1) is 7.70. The van der Waals surface area contributed by atoms with Crippen molar-refractivity contribution in [3.8, 4) is 0 Å². The van der Waals surface area contributed by atoms with Crippen LogP contribution in [-0.4, -0.2) is 44.6 Å². The number of ether oxygens (including phenoxy) is 2. The monoisotopic (exact) mass is 228 g/mol. The minimum Gasteiger partial charge on any atom is -0.381 e. The van der Waals surface area contributed by atoms with E-state index < -0.39 is 0 Å². The molecule has 4 heteroatoms. The van der Waals surface area contributed by atoms with Gasteiger partial charge in [0, 0.05) is 37.9 Å². The Hall–Kier alpha value is -0.160. The second-order valence-corrected chi connectivity index (χ2v) is 5.27. The molecule has 0 aromatic heterocycles. The molecule has 0 spiro atoms. The average molecular weight is 228 g/mol. The molecule has 3 N–H and O–H groups in total. The van der Waals surface area contributed by atoms with Crippen LogP contribution in [0.4, 0.5) is 0 Å². The van der Waals surface area contributed by atoms with Crippen LogP contribution in [0.1, 0.15) is 26.2 Å². The van der Waals surface area contributed by atoms with Crippen molar-refractivity contribution in [1.29, 1.82) is 0 Å². The topological polar surface area (TPSA) is 56.5 Å². The molecule has 2 heterocycles. The zero-order valence-electron chi connectivity index (χ0n) is 10.2. The summed E-state index contributed by atoms with van der Waals surface area (Å²) in [6, 6.07) is 0.505. The zero-order valence-corrected chi connectivity index (χ0v) is 10.2. The quantitative estimate of drug-likeness (QED) is 0.736. The summed E-state index contributed by atoms with van der Waals surface area (Å²) < 4.78 is 10.7. The minimum absolute atomic E-state index is 0.0635. The van der Waals surface area contributed by atoms with E-state index in [9.17, 15) is 0 Å². The Bertz CT molecular complexity index is 211. The highest BCUT2D eigenvalue weighted by atomic mass is 16.5. The molecule has 16 heavy (non-hydrogen) atoms. The van der Waals surface area contributed by atoms with Crippen LogP contribution in [0.15, 0.2) is 0 Å². The summed E-state index contributed by atoms with van der Waals surface area (Å²) in [7, 11) is 0. The SMILES string of the molecule is CC(NCC1(N)CCOCC1)C1CCOC1. The maximum atomic E-state index is 6.33. The molecule has 0 aromatic carbocycles. The third kappa shape index (κ3) is 3.17. The van der Waals surface area contributed by atoms with E-state index in [1.807, 2.05) is 0 Å². The zero-order chi connectivity index (χ0) is 11.4. The molecule has 94 valence electrons. The molecule has 0 aromatic rings. The maximum absolute atomic E-state index is 6.33. The first-order valence-electron chi connectivity index (χ1n) is 6.37. The van der Waals surface area contributed by atoms with Crippen molar-refractivity contribution in [2.75, 3.05) is 33.0 Å². The fourth-order valence-corrected chi connectivity index (χ4v) is 2.43. The van der Waals surface area contributed by atoms with Crippen molar-refractivity contribution in [1.82, 2.24) is 5.32 Å². The summed E-state index contributed by atoms with van der Waals surface area (Å²) in [5.41, 5.74) is 6.27. The van der Waals surface area contributed by atoms with Crippen LogP contribution in [0.25, 0.3) is 0 Å². The van der Waals surface area contributed by atoms with Crippen LogP contribution in [0.3, 0.4) is 0 Å². The number of hydrogen-bond acceptors (Lipinski definition) is 4. The van der Waals surface area contributed by atoms with E-state index in [2.05, 4.69) is 12.2 Å². The van der Waals surface area contributed by atoms with Crippen LogP contribution < -0.4 is 11.1 Å². The van der Waals surface area contributed by atoms with Gasteiger partial charge in [-0.1, -0.05) is 0 Å². The lowest BCUT2D eigenvalue weighted by Crippen LogP contribution is -2.54. The summed E-state index contributed by atoms with van der Waals surface area (Å²) >= 11 is 0. The first kappa shape index (κ1) is 12.3. The van der Waals surface area contributed by atoms with E-state index in [0.717, 1.165) is 45.8 Å². The average Bonchev–Trinajstić information content (AvgIpc) is 2.80. The van der Waals surface area contributed by atoms with Gasteiger partial charge in [-0.05, 0) is 32.1 Å². The van der Waals surface area contributed by atoms with Gasteiger partial charge in [-0.3, -0.25) is 0 Å². The van der Waals surface area contributed by atoms with Crippen LogP contribution in [-0.2, 0) is 9.47 Å². The largest absolute Gasteiger partial charge is 0.381 e. The van der Waals surface area contributed by atoms with Gasteiger partial charge in [-0.2, -0.15) is 0 Å². The highest BCUT2D eigenvalue weighted by molar-refractivity contribution is 4.90. The van der Waals surface area contributed by atoms with Gasteiger partial charge >= 0.3 is 0 Å². The molecule has 2 aliphatic heterocycles. The molecular formula is C12H24N2O2. The Balaban J connectivity index is 1.72. The lowest BCUT2D eigenvalue weighted by molar-refractivity contribution is 0.0514. The number of hydrogen-bond donors (Lipinski definition) is 2. The van der Waals surface area contributed by atoms with E-state index in [1.54, 1.807) is 0 Å². The molecule has 2 rings (SSSR count). The smallest absolute Gasteiger partial charge is 0.0509 e. The molecule has 2 saturated heterocycles. The number of nitrogens with one attached hydrogen (secondary N) is 1. The summed E-state index contributed by atoms with van der Waals surface area (Å²) in [4.78, 5) is 0. The fraction of sp³-hybridized carbons (Fsp3) is 1.00. The second kappa shape index (κ2) is 5.45. The predicted octanol–water partition coefficient (Wildman–Crippen LogP) is 0.509. The summed E-state index contributed by atoms with van der Waals surface area (Å²) in [6.45, 7) is 6.56. The summed E-state index contributed by atoms with van der Waals surface area (Å²) in [5, 5.41) is 3.57. The van der Waals surface area contributed by atoms with E-state index in [-0.39, 0.29) is 5.54 Å². The standard InChI is InChI=1S/C12H24N2O2/c1-10(11-2-5-16-8-11)14-9-12(13)3-6-15-7-4-12/h10-11,14H,2-9,13H2,1H3. The Morgan fingerprint density at radius 1 is 1.31 bits per heavy atom. The highest BCUT2D eigenvalue weighted by Gasteiger charge is 2.29. The number of nitrogens with two attached hydrogens (primary N) is 1. The number of rotatable bonds is 4. The van der Waals surface area contributed by atoms with Crippen molar-refractivity contribution in [3.63, 3.8) is 0 Å². The molecule has 0 aliphatic carbocycles. The lowest BCUT2D eigenvalue weighted by Gasteiger charge is -2.35. The van der Waals surface area contributed by atoms with Gasteiger partial charge < -0.3 is 20.5 Å². The Labute approximate surface area is 97.9 Å². The van der Waals surface area contributed by atoms with Gasteiger partial charge in [0.05, 0.1) is 6.61 Å². The van der Waals surface area contributed by atoms with Crippen molar-refractivity contribution in [2.45, 2.75) is 37.8 Å². The van der Waals surface area contributed by atoms with Crippen molar-refractivity contribution in [3.05, 3.63) is 0 Å². The van der Waals surface area contributed by atoms with Gasteiger partial charge in [-0.15, -0.1) is 0 Å². The Morgan fingerprint density at radius 2 is 2.06 bits per heavy atom. The third-order valence-electron chi connectivity index (χ3n) is 3.94. The van der Waals surface area contributed by atoms with Gasteiger partial charge in [0.25, 0.3) is 0 Å². The second-order valence-electron chi connectivity index (χ2n) is 5.27. The van der Waals surface area contributed by atoms with Gasteiger partial charge in [0.1, 0.15) is 0 Å². The first-order valence-corrected chi connectivity index (χ1v) is 6.37. The van der Waals surface area contributed by atoms with Gasteiger partial charge in [0.15, 0.2) is 0 Å². The van der Waals surface area contributed by atoms with Crippen LogP contribution in [0.5, 0.6) is 0 Å². The molecule has 0 bridgehead atoms. The van der Waals surface area contributed by atoms with Crippen molar-refractivity contribution in [2.24, 2.45) is 11.7 Å². The van der Waals surface area contributed by atoms with Crippen molar-refractivity contribution >= 4 is 0 Å². The summed E-state index contributed by atoms with van der Waals surface area (Å²) in [5.74, 6) is 0.656. The van der Waals surface area contributed by atoms with E-state index >= 15 is 0 Å². The van der Waals surface area contributed by atoms with Gasteiger partial charge in [-0.25, -0.2) is 0 Å². The Kier molecular flexibility index (Phi) is 4.19. The van der Waals surface area contributed by atoms with E-state index in [4.69, 9.17) is 15.2 Å². The van der Waals surface area contributed by atoms with Crippen molar-refractivity contribution < 1.29 is 9.47 Å². The van der Waals surface area contributed by atoms with Crippen LogP contribution >= 0.6 is 0 Å². The molecule has 2 unspecified atom stereocenters. The van der Waals surface area contributed by atoms with E-state index in [1.165, 1.54) is 6.42 Å². The fourth-order valence-electron chi connectivity index (χ4n) is 2.43. The molecule has 2 atom stereocenters. The maximum Gasteiger partial charge on any atom is 0.0509 e. The van der Waals surface area contributed by atoms with Crippen LogP contribution in [0, 0.1) is 5.92 Å². The molecule has 2 aliphatic rings. The molecule has 2 fully saturated rings. The summed E-state index contributed by atoms with van der Waals surface area (Å²) in [6.07, 6.45) is 3.11. The molecule has 4 nitrogen and oxygen atoms in total. The molecular weight excluding hydrogens is 204 g/mol. The molecule has 0 radical (unpaired) electrons. The normalized spacial score (nSPS) is 31.5. The lowest BCUT2D eigenvalue weighted by atomic mass is 9.90.